The third-order valence-corrected chi connectivity index (χ3v) is 4.67. The Morgan fingerprint density at radius 1 is 0.833 bits per heavy atom. The molecule has 0 unspecified atom stereocenters. The highest BCUT2D eigenvalue weighted by Crippen LogP contribution is 2.30. The third-order valence-electron chi connectivity index (χ3n) is 4.67. The maximum Gasteiger partial charge on any atom is 0.268 e. The van der Waals surface area contributed by atoms with Crippen LogP contribution in [-0.4, -0.2) is 10.1 Å². The van der Waals surface area contributed by atoms with Crippen molar-refractivity contribution in [2.45, 2.75) is 5.92 Å². The molecule has 4 aromatic rings. The molecule has 5 heteroatoms. The second-order valence-corrected chi connectivity index (χ2v) is 6.62. The molecule has 0 saturated heterocycles. The Hall–Kier alpha value is -4.48. The third kappa shape index (κ3) is 4.01. The summed E-state index contributed by atoms with van der Waals surface area (Å²) in [5.41, 5.74) is 3.65. The summed E-state index contributed by atoms with van der Waals surface area (Å²) < 4.78 is 5.45. The first-order chi connectivity index (χ1) is 14.8. The molecule has 0 saturated carbocycles. The molecular formula is C25H16N4O. The van der Waals surface area contributed by atoms with Gasteiger partial charge in [-0.3, -0.25) is 0 Å². The van der Waals surface area contributed by atoms with Crippen LogP contribution >= 0.6 is 0 Å². The van der Waals surface area contributed by atoms with Crippen molar-refractivity contribution < 1.29 is 4.52 Å². The number of allylic oxidation sites excluding steroid dienone is 1. The van der Waals surface area contributed by atoms with Crippen LogP contribution in [0.2, 0.25) is 0 Å². The maximum absolute atomic E-state index is 9.63. The molecule has 0 atom stereocenters. The Morgan fingerprint density at radius 3 is 1.97 bits per heavy atom. The molecule has 30 heavy (non-hydrogen) atoms. The van der Waals surface area contributed by atoms with Gasteiger partial charge in [0.25, 0.3) is 5.89 Å². The molecule has 4 rings (SSSR count). The average molecular weight is 388 g/mol. The fourth-order valence-corrected chi connectivity index (χ4v) is 3.21. The summed E-state index contributed by atoms with van der Waals surface area (Å²) in [5, 5.41) is 22.7. The first kappa shape index (κ1) is 18.9. The topological polar surface area (TPSA) is 86.5 Å². The van der Waals surface area contributed by atoms with Crippen LogP contribution in [0.15, 0.2) is 89.5 Å². The first-order valence-corrected chi connectivity index (χ1v) is 9.34. The SMILES string of the molecule is N#C/C(=C/c1ccc(C#N)cc1)c1nc(C(c2ccccc2)c2ccccc2)no1. The Morgan fingerprint density at radius 2 is 1.43 bits per heavy atom. The maximum atomic E-state index is 9.63. The molecule has 3 aromatic carbocycles. The molecule has 1 aromatic heterocycles. The van der Waals surface area contributed by atoms with Crippen LogP contribution in [0.25, 0.3) is 11.6 Å². The van der Waals surface area contributed by atoms with Gasteiger partial charge in [-0.1, -0.05) is 78.0 Å². The summed E-state index contributed by atoms with van der Waals surface area (Å²) in [5.74, 6) is 0.442. The Bertz CT molecular complexity index is 1210. The van der Waals surface area contributed by atoms with Gasteiger partial charge < -0.3 is 4.52 Å². The van der Waals surface area contributed by atoms with E-state index in [0.29, 0.717) is 11.4 Å². The summed E-state index contributed by atoms with van der Waals surface area (Å²) in [4.78, 5) is 4.54. The largest absolute Gasteiger partial charge is 0.333 e. The van der Waals surface area contributed by atoms with Crippen molar-refractivity contribution in [3.05, 3.63) is 119 Å². The number of rotatable bonds is 5. The van der Waals surface area contributed by atoms with Crippen molar-refractivity contribution in [1.29, 1.82) is 10.5 Å². The van der Waals surface area contributed by atoms with E-state index in [4.69, 9.17) is 9.78 Å². The molecule has 0 amide bonds. The molecule has 5 nitrogen and oxygen atoms in total. The first-order valence-electron chi connectivity index (χ1n) is 9.34. The van der Waals surface area contributed by atoms with Crippen molar-refractivity contribution in [3.63, 3.8) is 0 Å². The zero-order valence-electron chi connectivity index (χ0n) is 15.9. The lowest BCUT2D eigenvalue weighted by atomic mass is 9.91. The lowest BCUT2D eigenvalue weighted by molar-refractivity contribution is 0.401. The molecule has 0 fully saturated rings. The molecule has 142 valence electrons. The van der Waals surface area contributed by atoms with E-state index in [0.717, 1.165) is 16.7 Å². The zero-order chi connectivity index (χ0) is 20.8. The Balaban J connectivity index is 1.72. The van der Waals surface area contributed by atoms with Crippen molar-refractivity contribution >= 4 is 11.6 Å². The Labute approximate surface area is 174 Å². The van der Waals surface area contributed by atoms with Gasteiger partial charge in [-0.15, -0.1) is 0 Å². The summed E-state index contributed by atoms with van der Waals surface area (Å²) in [7, 11) is 0. The van der Waals surface area contributed by atoms with Gasteiger partial charge in [0.1, 0.15) is 11.6 Å². The highest BCUT2D eigenvalue weighted by Gasteiger charge is 2.23. The minimum Gasteiger partial charge on any atom is -0.333 e. The van der Waals surface area contributed by atoms with Gasteiger partial charge in [-0.25, -0.2) is 0 Å². The van der Waals surface area contributed by atoms with Gasteiger partial charge >= 0.3 is 0 Å². The Kier molecular flexibility index (Phi) is 5.46. The summed E-state index contributed by atoms with van der Waals surface area (Å²) in [6.45, 7) is 0. The zero-order valence-corrected chi connectivity index (χ0v) is 15.9. The molecule has 0 aliphatic carbocycles. The lowest BCUT2D eigenvalue weighted by Gasteiger charge is -2.14. The van der Waals surface area contributed by atoms with Gasteiger partial charge in [0.15, 0.2) is 5.82 Å². The molecular weight excluding hydrogens is 372 g/mol. The van der Waals surface area contributed by atoms with Crippen LogP contribution in [-0.2, 0) is 0 Å². The van der Waals surface area contributed by atoms with Crippen LogP contribution in [0.3, 0.4) is 0 Å². The standard InChI is InChI=1S/C25H16N4O/c26-16-19-13-11-18(12-14-19)15-22(17-27)25-28-24(29-30-25)23(20-7-3-1-4-8-20)21-9-5-2-6-10-21/h1-15,23H/b22-15-. The molecule has 0 aliphatic rings. The number of nitrogens with zero attached hydrogens (tertiary/aromatic N) is 4. The second kappa shape index (κ2) is 8.68. The minimum absolute atomic E-state index is 0.161. The van der Waals surface area contributed by atoms with E-state index >= 15 is 0 Å². The van der Waals surface area contributed by atoms with Crippen LogP contribution in [0.5, 0.6) is 0 Å². The van der Waals surface area contributed by atoms with Gasteiger partial charge in [-0.2, -0.15) is 15.5 Å². The van der Waals surface area contributed by atoms with Gasteiger partial charge in [0, 0.05) is 0 Å². The van der Waals surface area contributed by atoms with Crippen LogP contribution < -0.4 is 0 Å². The number of benzene rings is 3. The summed E-state index contributed by atoms with van der Waals surface area (Å²) in [6, 6.07) is 31.0. The van der Waals surface area contributed by atoms with Gasteiger partial charge in [-0.05, 0) is 34.9 Å². The molecule has 0 N–H and O–H groups in total. The number of hydrogen-bond donors (Lipinski definition) is 0. The number of hydrogen-bond acceptors (Lipinski definition) is 5. The lowest BCUT2D eigenvalue weighted by Crippen LogP contribution is -2.05. The highest BCUT2D eigenvalue weighted by molar-refractivity contribution is 5.86. The highest BCUT2D eigenvalue weighted by atomic mass is 16.5. The minimum atomic E-state index is -0.209. The van der Waals surface area contributed by atoms with Crippen molar-refractivity contribution in [3.8, 4) is 12.1 Å². The van der Waals surface area contributed by atoms with E-state index in [9.17, 15) is 5.26 Å². The molecule has 0 aliphatic heterocycles. The smallest absolute Gasteiger partial charge is 0.268 e. The molecule has 0 radical (unpaired) electrons. The van der Waals surface area contributed by atoms with E-state index < -0.39 is 0 Å². The summed E-state index contributed by atoms with van der Waals surface area (Å²) >= 11 is 0. The van der Waals surface area contributed by atoms with Gasteiger partial charge in [0.2, 0.25) is 0 Å². The normalized spacial score (nSPS) is 11.1. The molecule has 0 spiro atoms. The monoisotopic (exact) mass is 388 g/mol. The predicted molar refractivity (Wildman–Crippen MR) is 113 cm³/mol. The van der Waals surface area contributed by atoms with Crippen molar-refractivity contribution in [2.24, 2.45) is 0 Å². The van der Waals surface area contributed by atoms with Crippen LogP contribution in [0, 0.1) is 22.7 Å². The molecule has 1 heterocycles. The van der Waals surface area contributed by atoms with E-state index in [1.165, 1.54) is 0 Å². The van der Waals surface area contributed by atoms with Crippen molar-refractivity contribution in [2.75, 3.05) is 0 Å². The quantitative estimate of drug-likeness (QED) is 0.439. The fourth-order valence-electron chi connectivity index (χ4n) is 3.21. The average Bonchev–Trinajstić information content (AvgIpc) is 3.29. The molecule has 0 bridgehead atoms. The van der Waals surface area contributed by atoms with Crippen LogP contribution in [0.4, 0.5) is 0 Å². The van der Waals surface area contributed by atoms with Crippen LogP contribution in [0.1, 0.15) is 39.9 Å². The van der Waals surface area contributed by atoms with E-state index in [2.05, 4.69) is 22.3 Å². The fraction of sp³-hybridized carbons (Fsp3) is 0.0400. The van der Waals surface area contributed by atoms with E-state index in [1.54, 1.807) is 30.3 Å². The van der Waals surface area contributed by atoms with E-state index in [1.807, 2.05) is 60.7 Å². The van der Waals surface area contributed by atoms with Crippen molar-refractivity contribution in [1.82, 2.24) is 10.1 Å². The second-order valence-electron chi connectivity index (χ2n) is 6.62. The van der Waals surface area contributed by atoms with E-state index in [-0.39, 0.29) is 17.4 Å². The van der Waals surface area contributed by atoms with Gasteiger partial charge in [0.05, 0.1) is 17.6 Å². The number of nitriles is 2. The predicted octanol–water partition coefficient (Wildman–Crippen LogP) is 5.19. The summed E-state index contributed by atoms with van der Waals surface area (Å²) in [6.07, 6.45) is 1.67. The number of aromatic nitrogens is 2.